The molecule has 1 unspecified atom stereocenters. The van der Waals surface area contributed by atoms with Crippen LogP contribution in [0.3, 0.4) is 0 Å². The molecule has 1 aromatic heterocycles. The van der Waals surface area contributed by atoms with Crippen LogP contribution in [-0.4, -0.2) is 16.1 Å². The summed E-state index contributed by atoms with van der Waals surface area (Å²) < 4.78 is 0. The number of pyridine rings is 1. The maximum absolute atomic E-state index is 10.9. The Morgan fingerprint density at radius 2 is 2.20 bits per heavy atom. The van der Waals surface area contributed by atoms with Gasteiger partial charge in [0.25, 0.3) is 0 Å². The minimum Gasteiger partial charge on any atom is -0.478 e. The van der Waals surface area contributed by atoms with Crippen LogP contribution >= 0.6 is 11.6 Å². The Hall–Kier alpha value is -2.31. The van der Waals surface area contributed by atoms with Gasteiger partial charge in [0.2, 0.25) is 0 Å². The van der Waals surface area contributed by atoms with Gasteiger partial charge in [0.15, 0.2) is 0 Å². The molecule has 0 saturated carbocycles. The van der Waals surface area contributed by atoms with Crippen molar-refractivity contribution in [1.82, 2.24) is 4.98 Å². The van der Waals surface area contributed by atoms with E-state index in [1.54, 1.807) is 12.3 Å². The zero-order chi connectivity index (χ0) is 14.5. The molecule has 2 aromatic rings. The summed E-state index contributed by atoms with van der Waals surface area (Å²) in [4.78, 5) is 15.2. The molecule has 20 heavy (non-hydrogen) atoms. The van der Waals surface area contributed by atoms with Crippen LogP contribution in [0.1, 0.15) is 34.0 Å². The number of nitrogens with zero attached hydrogens (tertiary/aromatic N) is 1. The van der Waals surface area contributed by atoms with Crippen LogP contribution in [0, 0.1) is 12.3 Å². The second-order valence-corrected chi connectivity index (χ2v) is 4.66. The first-order valence-corrected chi connectivity index (χ1v) is 6.38. The molecule has 0 bridgehead atoms. The lowest BCUT2D eigenvalue weighted by atomic mass is 9.91. The van der Waals surface area contributed by atoms with E-state index in [0.717, 1.165) is 11.3 Å². The number of rotatable bonds is 4. The van der Waals surface area contributed by atoms with E-state index in [4.69, 9.17) is 23.1 Å². The molecular weight excluding hydrogens is 274 g/mol. The monoisotopic (exact) mass is 285 g/mol. The normalized spacial score (nSPS) is 11.6. The minimum atomic E-state index is -1.01. The second-order valence-electron chi connectivity index (χ2n) is 4.26. The number of carboxylic acids is 1. The Balaban J connectivity index is 2.46. The van der Waals surface area contributed by atoms with Crippen LogP contribution in [0.5, 0.6) is 0 Å². The van der Waals surface area contributed by atoms with E-state index in [1.807, 2.05) is 18.2 Å². The van der Waals surface area contributed by atoms with Crippen LogP contribution < -0.4 is 0 Å². The largest absolute Gasteiger partial charge is 0.478 e. The summed E-state index contributed by atoms with van der Waals surface area (Å²) in [7, 11) is 0. The summed E-state index contributed by atoms with van der Waals surface area (Å²) >= 11 is 6.19. The molecule has 2 rings (SSSR count). The Bertz CT molecular complexity index is 662. The van der Waals surface area contributed by atoms with Crippen molar-refractivity contribution in [1.29, 1.82) is 0 Å². The van der Waals surface area contributed by atoms with E-state index < -0.39 is 5.97 Å². The predicted octanol–water partition coefficient (Wildman–Crippen LogP) is 3.59. The number of halogens is 1. The van der Waals surface area contributed by atoms with Gasteiger partial charge in [-0.15, -0.1) is 12.3 Å². The van der Waals surface area contributed by atoms with E-state index in [2.05, 4.69) is 10.9 Å². The molecule has 3 nitrogen and oxygen atoms in total. The van der Waals surface area contributed by atoms with Crippen molar-refractivity contribution in [2.45, 2.75) is 12.3 Å². The van der Waals surface area contributed by atoms with E-state index in [0.29, 0.717) is 11.4 Å². The molecule has 100 valence electrons. The van der Waals surface area contributed by atoms with Crippen LogP contribution in [-0.2, 0) is 0 Å². The molecule has 0 aliphatic rings. The molecule has 0 saturated heterocycles. The number of aromatic nitrogens is 1. The topological polar surface area (TPSA) is 50.2 Å². The number of aromatic carboxylic acids is 1. The number of carboxylic acid groups (broad SMARTS) is 1. The van der Waals surface area contributed by atoms with Crippen molar-refractivity contribution in [3.63, 3.8) is 0 Å². The quantitative estimate of drug-likeness (QED) is 0.874. The van der Waals surface area contributed by atoms with E-state index in [-0.39, 0.29) is 11.5 Å². The fourth-order valence-electron chi connectivity index (χ4n) is 2.02. The van der Waals surface area contributed by atoms with E-state index in [1.165, 1.54) is 12.1 Å². The van der Waals surface area contributed by atoms with Gasteiger partial charge in [0, 0.05) is 29.3 Å². The van der Waals surface area contributed by atoms with Crippen LogP contribution in [0.15, 0.2) is 42.6 Å². The zero-order valence-corrected chi connectivity index (χ0v) is 11.3. The van der Waals surface area contributed by atoms with Crippen molar-refractivity contribution in [3.8, 4) is 12.3 Å². The first-order chi connectivity index (χ1) is 9.63. The third-order valence-electron chi connectivity index (χ3n) is 2.99. The molecular formula is C16H12ClNO2. The Morgan fingerprint density at radius 1 is 1.40 bits per heavy atom. The van der Waals surface area contributed by atoms with Gasteiger partial charge in [-0.3, -0.25) is 4.98 Å². The van der Waals surface area contributed by atoms with Crippen LogP contribution in [0.25, 0.3) is 0 Å². The van der Waals surface area contributed by atoms with Gasteiger partial charge in [-0.05, 0) is 29.8 Å². The minimum absolute atomic E-state index is 0.142. The fourth-order valence-corrected chi connectivity index (χ4v) is 2.33. The Labute approximate surface area is 122 Å². The number of hydrogen-bond donors (Lipinski definition) is 1. The molecule has 1 heterocycles. The summed E-state index contributed by atoms with van der Waals surface area (Å²) in [5, 5.41) is 9.34. The van der Waals surface area contributed by atoms with Gasteiger partial charge in [0.1, 0.15) is 0 Å². The molecule has 1 aromatic carbocycles. The van der Waals surface area contributed by atoms with E-state index >= 15 is 0 Å². The Kier molecular flexibility index (Phi) is 4.39. The van der Waals surface area contributed by atoms with Crippen LogP contribution in [0.4, 0.5) is 0 Å². The summed E-state index contributed by atoms with van der Waals surface area (Å²) in [5.74, 6) is 1.46. The molecule has 0 spiro atoms. The molecule has 1 N–H and O–H groups in total. The second kappa shape index (κ2) is 6.23. The highest BCUT2D eigenvalue weighted by atomic mass is 35.5. The van der Waals surface area contributed by atoms with Gasteiger partial charge in [-0.2, -0.15) is 0 Å². The van der Waals surface area contributed by atoms with Gasteiger partial charge in [-0.1, -0.05) is 23.7 Å². The lowest BCUT2D eigenvalue weighted by Crippen LogP contribution is -2.05. The van der Waals surface area contributed by atoms with Crippen LogP contribution in [0.2, 0.25) is 5.02 Å². The van der Waals surface area contributed by atoms with Gasteiger partial charge in [-0.25, -0.2) is 4.79 Å². The van der Waals surface area contributed by atoms with Crippen molar-refractivity contribution in [2.75, 3.05) is 0 Å². The van der Waals surface area contributed by atoms with Gasteiger partial charge >= 0.3 is 5.97 Å². The molecule has 0 aliphatic heterocycles. The highest BCUT2D eigenvalue weighted by Gasteiger charge is 2.18. The van der Waals surface area contributed by atoms with Gasteiger partial charge < -0.3 is 5.11 Å². The molecule has 1 atom stereocenters. The number of benzene rings is 1. The lowest BCUT2D eigenvalue weighted by molar-refractivity contribution is 0.0697. The predicted molar refractivity (Wildman–Crippen MR) is 77.9 cm³/mol. The average Bonchev–Trinajstić information content (AvgIpc) is 2.46. The van der Waals surface area contributed by atoms with Crippen molar-refractivity contribution < 1.29 is 9.90 Å². The highest BCUT2D eigenvalue weighted by Crippen LogP contribution is 2.32. The zero-order valence-electron chi connectivity index (χ0n) is 10.6. The third kappa shape index (κ3) is 2.98. The average molecular weight is 286 g/mol. The summed E-state index contributed by atoms with van der Waals surface area (Å²) in [6.07, 6.45) is 7.56. The smallest absolute Gasteiger partial charge is 0.335 e. The van der Waals surface area contributed by atoms with Gasteiger partial charge in [0.05, 0.1) is 5.56 Å². The first-order valence-electron chi connectivity index (χ1n) is 6.00. The summed E-state index contributed by atoms with van der Waals surface area (Å²) in [5.41, 5.74) is 1.75. The maximum atomic E-state index is 10.9. The van der Waals surface area contributed by atoms with Crippen molar-refractivity contribution >= 4 is 17.6 Å². The maximum Gasteiger partial charge on any atom is 0.335 e. The first kappa shape index (κ1) is 14.1. The molecule has 0 fully saturated rings. The number of carbonyl (C=O) groups is 1. The summed E-state index contributed by atoms with van der Waals surface area (Å²) in [6, 6.07) is 10.2. The number of hydrogen-bond acceptors (Lipinski definition) is 2. The fraction of sp³-hybridized carbons (Fsp3) is 0.125. The third-order valence-corrected chi connectivity index (χ3v) is 3.32. The lowest BCUT2D eigenvalue weighted by Gasteiger charge is -2.16. The SMILES string of the molecule is C#CCC(c1ccccn1)c1ccc(C(=O)O)cc1Cl. The summed E-state index contributed by atoms with van der Waals surface area (Å²) in [6.45, 7) is 0. The van der Waals surface area contributed by atoms with E-state index in [9.17, 15) is 4.79 Å². The Morgan fingerprint density at radius 3 is 2.75 bits per heavy atom. The number of terminal acetylenes is 1. The standard InChI is InChI=1S/C16H12ClNO2/c1-2-5-13(15-6-3-4-9-18-15)12-8-7-11(16(19)20)10-14(12)17/h1,3-4,6-10,13H,5H2,(H,19,20). The molecule has 0 aliphatic carbocycles. The van der Waals surface area contributed by atoms with Crippen molar-refractivity contribution in [2.24, 2.45) is 0 Å². The van der Waals surface area contributed by atoms with Crippen molar-refractivity contribution in [3.05, 3.63) is 64.4 Å². The molecule has 0 amide bonds. The molecule has 0 radical (unpaired) electrons. The molecule has 4 heteroatoms. The highest BCUT2D eigenvalue weighted by molar-refractivity contribution is 6.31.